The molecule has 0 aromatic heterocycles. The molecule has 3 nitrogen and oxygen atoms in total. The number of ether oxygens (including phenoxy) is 2. The summed E-state index contributed by atoms with van der Waals surface area (Å²) in [7, 11) is 3.34. The zero-order valence-corrected chi connectivity index (χ0v) is 11.5. The van der Waals surface area contributed by atoms with Crippen molar-refractivity contribution in [1.82, 2.24) is 5.32 Å². The predicted molar refractivity (Wildman–Crippen MR) is 73.2 cm³/mol. The van der Waals surface area contributed by atoms with Crippen LogP contribution in [0.4, 0.5) is 0 Å². The fourth-order valence-electron chi connectivity index (χ4n) is 2.43. The first-order valence-corrected chi connectivity index (χ1v) is 6.72. The number of hydrogen-bond donors (Lipinski definition) is 1. The highest BCUT2D eigenvalue weighted by Gasteiger charge is 2.35. The molecule has 1 N–H and O–H groups in total. The summed E-state index contributed by atoms with van der Waals surface area (Å²) in [4.78, 5) is 0. The summed E-state index contributed by atoms with van der Waals surface area (Å²) in [5.41, 5.74) is 1.25. The van der Waals surface area contributed by atoms with Gasteiger partial charge < -0.3 is 14.8 Å². The first-order chi connectivity index (χ1) is 8.78. The zero-order valence-electron chi connectivity index (χ0n) is 11.5. The molecule has 1 aromatic carbocycles. The first-order valence-electron chi connectivity index (χ1n) is 6.72. The fourth-order valence-corrected chi connectivity index (χ4v) is 2.43. The van der Waals surface area contributed by atoms with E-state index in [2.05, 4.69) is 18.3 Å². The van der Waals surface area contributed by atoms with Crippen molar-refractivity contribution in [3.05, 3.63) is 23.8 Å². The quantitative estimate of drug-likeness (QED) is 0.806. The Hall–Kier alpha value is -1.22. The highest BCUT2D eigenvalue weighted by Crippen LogP contribution is 2.35. The third-order valence-electron chi connectivity index (χ3n) is 3.60. The summed E-state index contributed by atoms with van der Waals surface area (Å²) in [6.07, 6.45) is 3.98. The molecule has 0 bridgehead atoms. The van der Waals surface area contributed by atoms with Crippen LogP contribution in [-0.2, 0) is 6.54 Å². The van der Waals surface area contributed by atoms with Crippen molar-refractivity contribution in [2.24, 2.45) is 5.92 Å². The average molecular weight is 249 g/mol. The minimum Gasteiger partial charge on any atom is -0.493 e. The Kier molecular flexibility index (Phi) is 4.48. The molecule has 2 atom stereocenters. The third-order valence-corrected chi connectivity index (χ3v) is 3.60. The van der Waals surface area contributed by atoms with Crippen LogP contribution in [0.1, 0.15) is 31.7 Å². The Morgan fingerprint density at radius 1 is 1.22 bits per heavy atom. The highest BCUT2D eigenvalue weighted by atomic mass is 16.5. The van der Waals surface area contributed by atoms with Crippen molar-refractivity contribution in [2.45, 2.75) is 38.8 Å². The van der Waals surface area contributed by atoms with Crippen molar-refractivity contribution in [2.75, 3.05) is 14.2 Å². The van der Waals surface area contributed by atoms with E-state index in [-0.39, 0.29) is 0 Å². The van der Waals surface area contributed by atoms with Gasteiger partial charge in [0.05, 0.1) is 14.2 Å². The summed E-state index contributed by atoms with van der Waals surface area (Å²) < 4.78 is 10.5. The Morgan fingerprint density at radius 2 is 2.00 bits per heavy atom. The van der Waals surface area contributed by atoms with Gasteiger partial charge in [-0.1, -0.05) is 19.4 Å². The molecule has 100 valence electrons. The van der Waals surface area contributed by atoms with E-state index in [9.17, 15) is 0 Å². The van der Waals surface area contributed by atoms with Gasteiger partial charge in [-0.3, -0.25) is 0 Å². The molecule has 2 unspecified atom stereocenters. The second kappa shape index (κ2) is 6.10. The molecule has 1 aliphatic carbocycles. The maximum Gasteiger partial charge on any atom is 0.161 e. The summed E-state index contributed by atoms with van der Waals surface area (Å²) >= 11 is 0. The molecule has 1 aromatic rings. The topological polar surface area (TPSA) is 30.5 Å². The molecule has 0 saturated heterocycles. The average Bonchev–Trinajstić information content (AvgIpc) is 3.15. The van der Waals surface area contributed by atoms with Gasteiger partial charge in [0.25, 0.3) is 0 Å². The van der Waals surface area contributed by atoms with Crippen LogP contribution >= 0.6 is 0 Å². The van der Waals surface area contributed by atoms with Crippen molar-refractivity contribution in [1.29, 1.82) is 0 Å². The van der Waals surface area contributed by atoms with Crippen LogP contribution in [0, 0.1) is 5.92 Å². The smallest absolute Gasteiger partial charge is 0.161 e. The minimum atomic E-state index is 0.720. The van der Waals surface area contributed by atoms with E-state index >= 15 is 0 Å². The maximum absolute atomic E-state index is 5.31. The van der Waals surface area contributed by atoms with Crippen molar-refractivity contribution in [3.8, 4) is 11.5 Å². The molecule has 3 heteroatoms. The molecule has 0 amide bonds. The van der Waals surface area contributed by atoms with Crippen LogP contribution in [0.15, 0.2) is 18.2 Å². The van der Waals surface area contributed by atoms with Gasteiger partial charge in [0.1, 0.15) is 0 Å². The fraction of sp³-hybridized carbons (Fsp3) is 0.600. The third kappa shape index (κ3) is 3.16. The van der Waals surface area contributed by atoms with E-state index in [0.29, 0.717) is 0 Å². The molecule has 0 radical (unpaired) electrons. The normalized spacial score (nSPS) is 21.7. The number of methoxy groups -OCH3 is 2. The molecule has 1 aliphatic rings. The van der Waals surface area contributed by atoms with Crippen LogP contribution in [0.25, 0.3) is 0 Å². The second-order valence-corrected chi connectivity index (χ2v) is 4.96. The Balaban J connectivity index is 1.86. The van der Waals surface area contributed by atoms with Crippen molar-refractivity contribution in [3.63, 3.8) is 0 Å². The van der Waals surface area contributed by atoms with Crippen LogP contribution < -0.4 is 14.8 Å². The maximum atomic E-state index is 5.31. The van der Waals surface area contributed by atoms with Gasteiger partial charge in [-0.2, -0.15) is 0 Å². The number of hydrogen-bond acceptors (Lipinski definition) is 3. The molecule has 1 saturated carbocycles. The van der Waals surface area contributed by atoms with Gasteiger partial charge in [0.15, 0.2) is 11.5 Å². The van der Waals surface area contributed by atoms with Gasteiger partial charge in [-0.05, 0) is 36.5 Å². The van der Waals surface area contributed by atoms with Crippen molar-refractivity contribution < 1.29 is 9.47 Å². The van der Waals surface area contributed by atoms with Crippen molar-refractivity contribution >= 4 is 0 Å². The zero-order chi connectivity index (χ0) is 13.0. The van der Waals surface area contributed by atoms with Gasteiger partial charge in [-0.25, -0.2) is 0 Å². The van der Waals surface area contributed by atoms with Crippen LogP contribution in [0.5, 0.6) is 11.5 Å². The Labute approximate surface area is 109 Å². The first kappa shape index (κ1) is 13.2. The van der Waals surface area contributed by atoms with E-state index in [1.165, 1.54) is 24.8 Å². The number of nitrogens with one attached hydrogen (secondary N) is 1. The SMILES string of the molecule is CCCC1CC1NCc1ccc(OC)c(OC)c1. The standard InChI is InChI=1S/C15H23NO2/c1-4-5-12-9-13(12)16-10-11-6-7-14(17-2)15(8-11)18-3/h6-8,12-13,16H,4-5,9-10H2,1-3H3. The van der Waals surface area contributed by atoms with E-state index in [1.807, 2.05) is 12.1 Å². The monoisotopic (exact) mass is 249 g/mol. The molecule has 0 heterocycles. The number of rotatable bonds is 7. The summed E-state index contributed by atoms with van der Waals surface area (Å²) in [5, 5.41) is 3.60. The minimum absolute atomic E-state index is 0.720. The van der Waals surface area contributed by atoms with Gasteiger partial charge >= 0.3 is 0 Å². The van der Waals surface area contributed by atoms with E-state index < -0.39 is 0 Å². The van der Waals surface area contributed by atoms with Gasteiger partial charge in [-0.15, -0.1) is 0 Å². The second-order valence-electron chi connectivity index (χ2n) is 4.96. The Morgan fingerprint density at radius 3 is 2.67 bits per heavy atom. The lowest BCUT2D eigenvalue weighted by atomic mass is 10.2. The molecule has 0 aliphatic heterocycles. The molecular weight excluding hydrogens is 226 g/mol. The molecule has 0 spiro atoms. The largest absolute Gasteiger partial charge is 0.493 e. The highest BCUT2D eigenvalue weighted by molar-refractivity contribution is 5.42. The summed E-state index contributed by atoms with van der Waals surface area (Å²) in [5.74, 6) is 2.49. The van der Waals surface area contributed by atoms with Crippen LogP contribution in [0.2, 0.25) is 0 Å². The van der Waals surface area contributed by atoms with Crippen LogP contribution in [-0.4, -0.2) is 20.3 Å². The summed E-state index contributed by atoms with van der Waals surface area (Å²) in [6, 6.07) is 6.82. The lowest BCUT2D eigenvalue weighted by molar-refractivity contribution is 0.354. The lowest BCUT2D eigenvalue weighted by Crippen LogP contribution is -2.17. The predicted octanol–water partition coefficient (Wildman–Crippen LogP) is 2.98. The molecule has 1 fully saturated rings. The molecule has 2 rings (SSSR count). The van der Waals surface area contributed by atoms with Gasteiger partial charge in [0.2, 0.25) is 0 Å². The van der Waals surface area contributed by atoms with E-state index in [1.54, 1.807) is 14.2 Å². The van der Waals surface area contributed by atoms with Crippen LogP contribution in [0.3, 0.4) is 0 Å². The number of benzene rings is 1. The Bertz CT molecular complexity index is 392. The molecule has 18 heavy (non-hydrogen) atoms. The summed E-state index contributed by atoms with van der Waals surface area (Å²) in [6.45, 7) is 3.16. The molecular formula is C15H23NO2. The van der Waals surface area contributed by atoms with Gasteiger partial charge in [0, 0.05) is 12.6 Å². The van der Waals surface area contributed by atoms with E-state index in [4.69, 9.17) is 9.47 Å². The lowest BCUT2D eigenvalue weighted by Gasteiger charge is -2.10. The van der Waals surface area contributed by atoms with E-state index in [0.717, 1.165) is 30.0 Å².